The number of pyridine rings is 1. The van der Waals surface area contributed by atoms with E-state index in [1.807, 2.05) is 0 Å². The number of ether oxygens (including phenoxy) is 1. The first-order valence-electron chi connectivity index (χ1n) is 7.05. The number of nitrogens with two attached hydrogens (primary N) is 1. The summed E-state index contributed by atoms with van der Waals surface area (Å²) >= 11 is 5.92. The maximum Gasteiger partial charge on any atom is 0.252 e. The number of carbonyl (C=O) groups excluding carboxylic acids is 2. The van der Waals surface area contributed by atoms with Crippen molar-refractivity contribution >= 4 is 29.1 Å². The first-order chi connectivity index (χ1) is 11.5. The lowest BCUT2D eigenvalue weighted by atomic mass is 10.1. The molecule has 24 heavy (non-hydrogen) atoms. The second-order valence-electron chi connectivity index (χ2n) is 4.85. The van der Waals surface area contributed by atoms with E-state index in [0.717, 1.165) is 0 Å². The Morgan fingerprint density at radius 3 is 2.71 bits per heavy atom. The predicted octanol–water partition coefficient (Wildman–Crippen LogP) is 1.81. The fourth-order valence-electron chi connectivity index (χ4n) is 2.23. The molecule has 0 aliphatic rings. The Morgan fingerprint density at radius 1 is 1.33 bits per heavy atom. The lowest BCUT2D eigenvalue weighted by Gasteiger charge is -2.15. The molecule has 0 atom stereocenters. The second-order valence-corrected chi connectivity index (χ2v) is 5.23. The molecule has 0 bridgehead atoms. The van der Waals surface area contributed by atoms with Crippen LogP contribution in [-0.2, 0) is 6.54 Å². The highest BCUT2D eigenvalue weighted by Crippen LogP contribution is 2.29. The molecule has 0 aliphatic carbocycles. The summed E-state index contributed by atoms with van der Waals surface area (Å²) in [5.41, 5.74) is 7.24. The van der Waals surface area contributed by atoms with E-state index >= 15 is 0 Å². The molecule has 2 amide bonds. The number of nitrogens with one attached hydrogen (secondary N) is 2. The van der Waals surface area contributed by atoms with Crippen LogP contribution in [0, 0.1) is 0 Å². The molecular formula is C16H17ClN4O3. The van der Waals surface area contributed by atoms with Gasteiger partial charge in [-0.15, -0.1) is 0 Å². The number of nitrogens with zero attached hydrogens (tertiary/aromatic N) is 1. The van der Waals surface area contributed by atoms with Gasteiger partial charge in [-0.05, 0) is 23.8 Å². The van der Waals surface area contributed by atoms with E-state index < -0.39 is 5.91 Å². The van der Waals surface area contributed by atoms with Gasteiger partial charge in [-0.2, -0.15) is 0 Å². The number of primary amides is 1. The number of aromatic nitrogens is 1. The number of rotatable bonds is 6. The molecule has 2 rings (SSSR count). The number of methoxy groups -OCH3 is 1. The van der Waals surface area contributed by atoms with Gasteiger partial charge in [0.15, 0.2) is 5.75 Å². The third-order valence-electron chi connectivity index (χ3n) is 3.38. The van der Waals surface area contributed by atoms with Crippen molar-refractivity contribution in [2.24, 2.45) is 5.73 Å². The van der Waals surface area contributed by atoms with Crippen LogP contribution >= 0.6 is 11.6 Å². The molecular weight excluding hydrogens is 332 g/mol. The Morgan fingerprint density at radius 2 is 2.08 bits per heavy atom. The van der Waals surface area contributed by atoms with Crippen molar-refractivity contribution in [3.63, 3.8) is 0 Å². The number of hydrogen-bond acceptors (Lipinski definition) is 5. The van der Waals surface area contributed by atoms with Crippen LogP contribution in [0.3, 0.4) is 0 Å². The maximum atomic E-state index is 11.9. The standard InChI is InChI=1S/C16H17ClN4O3/c1-19-16(23)11-8-21-13(17)6-9(11)7-20-12-5-3-4-10(15(18)22)14(12)24-2/h3-6,8,20H,7H2,1-2H3,(H2,18,22)(H,19,23). The molecule has 0 fully saturated rings. The van der Waals surface area contributed by atoms with Crippen molar-refractivity contribution < 1.29 is 14.3 Å². The highest BCUT2D eigenvalue weighted by atomic mass is 35.5. The summed E-state index contributed by atoms with van der Waals surface area (Å²) in [7, 11) is 2.99. The van der Waals surface area contributed by atoms with Crippen molar-refractivity contribution in [3.05, 3.63) is 52.3 Å². The number of carbonyl (C=O) groups is 2. The first-order valence-corrected chi connectivity index (χ1v) is 7.43. The predicted molar refractivity (Wildman–Crippen MR) is 91.5 cm³/mol. The fourth-order valence-corrected chi connectivity index (χ4v) is 2.41. The number of halogens is 1. The third-order valence-corrected chi connectivity index (χ3v) is 3.59. The van der Waals surface area contributed by atoms with Gasteiger partial charge >= 0.3 is 0 Å². The second kappa shape index (κ2) is 7.65. The van der Waals surface area contributed by atoms with Gasteiger partial charge in [-0.3, -0.25) is 9.59 Å². The van der Waals surface area contributed by atoms with Crippen LogP contribution in [0.5, 0.6) is 5.75 Å². The van der Waals surface area contributed by atoms with Crippen molar-refractivity contribution in [2.45, 2.75) is 6.54 Å². The molecule has 2 aromatic rings. The maximum absolute atomic E-state index is 11.9. The number of para-hydroxylation sites is 1. The largest absolute Gasteiger partial charge is 0.494 e. The van der Waals surface area contributed by atoms with Gasteiger partial charge in [0.05, 0.1) is 23.9 Å². The van der Waals surface area contributed by atoms with Crippen LogP contribution in [0.1, 0.15) is 26.3 Å². The molecule has 0 spiro atoms. The smallest absolute Gasteiger partial charge is 0.252 e. The van der Waals surface area contributed by atoms with Crippen molar-refractivity contribution in [2.75, 3.05) is 19.5 Å². The first kappa shape index (κ1) is 17.6. The fraction of sp³-hybridized carbons (Fsp3) is 0.188. The van der Waals surface area contributed by atoms with E-state index in [0.29, 0.717) is 22.6 Å². The molecule has 7 nitrogen and oxygen atoms in total. The van der Waals surface area contributed by atoms with Crippen LogP contribution < -0.4 is 21.1 Å². The monoisotopic (exact) mass is 348 g/mol. The average molecular weight is 349 g/mol. The molecule has 126 valence electrons. The quantitative estimate of drug-likeness (QED) is 0.690. The Kier molecular flexibility index (Phi) is 5.59. The number of anilines is 1. The highest BCUT2D eigenvalue weighted by Gasteiger charge is 2.15. The molecule has 0 saturated heterocycles. The zero-order valence-electron chi connectivity index (χ0n) is 13.2. The van der Waals surface area contributed by atoms with Crippen LogP contribution in [0.15, 0.2) is 30.5 Å². The van der Waals surface area contributed by atoms with E-state index in [2.05, 4.69) is 15.6 Å². The van der Waals surface area contributed by atoms with Crippen molar-refractivity contribution in [1.82, 2.24) is 10.3 Å². The lowest BCUT2D eigenvalue weighted by molar-refractivity contribution is 0.0960. The van der Waals surface area contributed by atoms with Gasteiger partial charge in [-0.1, -0.05) is 17.7 Å². The highest BCUT2D eigenvalue weighted by molar-refractivity contribution is 6.29. The topological polar surface area (TPSA) is 106 Å². The van der Waals surface area contributed by atoms with Gasteiger partial charge in [0.1, 0.15) is 5.15 Å². The Balaban J connectivity index is 2.32. The van der Waals surface area contributed by atoms with Gasteiger partial charge in [0.25, 0.3) is 11.8 Å². The van der Waals surface area contributed by atoms with Crippen LogP contribution in [0.2, 0.25) is 5.15 Å². The van der Waals surface area contributed by atoms with Crippen LogP contribution in [0.4, 0.5) is 5.69 Å². The number of amides is 2. The molecule has 0 unspecified atom stereocenters. The molecule has 4 N–H and O–H groups in total. The van der Waals surface area contributed by atoms with E-state index in [1.54, 1.807) is 24.3 Å². The Hall–Kier alpha value is -2.80. The molecule has 0 saturated carbocycles. The van der Waals surface area contributed by atoms with Gasteiger partial charge < -0.3 is 21.1 Å². The number of hydrogen-bond donors (Lipinski definition) is 3. The molecule has 8 heteroatoms. The van der Waals surface area contributed by atoms with Gasteiger partial charge in [-0.25, -0.2) is 4.98 Å². The minimum atomic E-state index is -0.589. The SMILES string of the molecule is CNC(=O)c1cnc(Cl)cc1CNc1cccc(C(N)=O)c1OC. The van der Waals surface area contributed by atoms with E-state index in [4.69, 9.17) is 22.1 Å². The van der Waals surface area contributed by atoms with Gasteiger partial charge in [0.2, 0.25) is 0 Å². The zero-order chi connectivity index (χ0) is 17.7. The van der Waals surface area contributed by atoms with E-state index in [-0.39, 0.29) is 23.2 Å². The van der Waals surface area contributed by atoms with Crippen molar-refractivity contribution in [3.8, 4) is 5.75 Å². The van der Waals surface area contributed by atoms with Gasteiger partial charge in [0, 0.05) is 19.8 Å². The summed E-state index contributed by atoms with van der Waals surface area (Å²) in [6.45, 7) is 0.281. The zero-order valence-corrected chi connectivity index (χ0v) is 14.0. The molecule has 1 aromatic carbocycles. The Bertz CT molecular complexity index is 780. The summed E-state index contributed by atoms with van der Waals surface area (Å²) in [5, 5.41) is 5.95. The average Bonchev–Trinajstić information content (AvgIpc) is 2.58. The minimum Gasteiger partial charge on any atom is -0.494 e. The van der Waals surface area contributed by atoms with Crippen LogP contribution in [0.25, 0.3) is 0 Å². The molecule has 1 heterocycles. The third kappa shape index (κ3) is 3.75. The number of benzene rings is 1. The molecule has 0 radical (unpaired) electrons. The molecule has 1 aromatic heterocycles. The Labute approximate surface area is 144 Å². The van der Waals surface area contributed by atoms with Crippen LogP contribution in [-0.4, -0.2) is 31.0 Å². The van der Waals surface area contributed by atoms with E-state index in [9.17, 15) is 9.59 Å². The summed E-state index contributed by atoms with van der Waals surface area (Å²) in [5.74, 6) is -0.519. The summed E-state index contributed by atoms with van der Waals surface area (Å²) in [6.07, 6.45) is 1.41. The normalized spacial score (nSPS) is 10.1. The summed E-state index contributed by atoms with van der Waals surface area (Å²) < 4.78 is 5.27. The summed E-state index contributed by atoms with van der Waals surface area (Å²) in [6, 6.07) is 6.60. The van der Waals surface area contributed by atoms with Crippen molar-refractivity contribution in [1.29, 1.82) is 0 Å². The van der Waals surface area contributed by atoms with E-state index in [1.165, 1.54) is 20.4 Å². The summed E-state index contributed by atoms with van der Waals surface area (Å²) in [4.78, 5) is 27.3. The minimum absolute atomic E-state index is 0.266. The molecule has 0 aliphatic heterocycles. The lowest BCUT2D eigenvalue weighted by Crippen LogP contribution is -2.21.